The molecule has 0 aliphatic heterocycles. The minimum atomic E-state index is -4.90. The van der Waals surface area contributed by atoms with E-state index in [0.717, 1.165) is 22.3 Å². The Balaban J connectivity index is 1.55. The van der Waals surface area contributed by atoms with E-state index in [-0.39, 0.29) is 31.9 Å². The second-order valence-electron chi connectivity index (χ2n) is 7.59. The number of carboxylic acid groups (broad SMARTS) is 1. The van der Waals surface area contributed by atoms with Crippen molar-refractivity contribution in [2.24, 2.45) is 5.92 Å². The molecule has 0 radical (unpaired) electrons. The van der Waals surface area contributed by atoms with Crippen molar-refractivity contribution in [3.8, 4) is 11.1 Å². The number of fused-ring (bicyclic) bond motifs is 3. The molecule has 1 unspecified atom stereocenters. The second-order valence-corrected chi connectivity index (χ2v) is 7.59. The summed E-state index contributed by atoms with van der Waals surface area (Å²) < 4.78 is 45.0. The van der Waals surface area contributed by atoms with E-state index >= 15 is 0 Å². The maximum atomic E-state index is 13.3. The molecule has 10 heteroatoms. The van der Waals surface area contributed by atoms with Gasteiger partial charge in [-0.3, -0.25) is 9.59 Å². The van der Waals surface area contributed by atoms with Gasteiger partial charge in [0.25, 0.3) is 0 Å². The van der Waals surface area contributed by atoms with Crippen LogP contribution in [0.15, 0.2) is 48.5 Å². The van der Waals surface area contributed by atoms with Crippen LogP contribution in [0.5, 0.6) is 0 Å². The number of carbonyl (C=O) groups is 3. The molecule has 33 heavy (non-hydrogen) atoms. The maximum absolute atomic E-state index is 13.3. The normalized spacial score (nSPS) is 13.5. The van der Waals surface area contributed by atoms with Gasteiger partial charge in [0.1, 0.15) is 6.61 Å². The van der Waals surface area contributed by atoms with Crippen molar-refractivity contribution in [2.75, 3.05) is 19.7 Å². The molecule has 7 nitrogen and oxygen atoms in total. The second kappa shape index (κ2) is 10.4. The molecule has 0 saturated carbocycles. The Kier molecular flexibility index (Phi) is 7.57. The third-order valence-corrected chi connectivity index (χ3v) is 5.37. The lowest BCUT2D eigenvalue weighted by Gasteiger charge is -2.20. The fraction of sp³-hybridized carbons (Fsp3) is 0.348. The predicted octanol–water partition coefficient (Wildman–Crippen LogP) is 3.68. The summed E-state index contributed by atoms with van der Waals surface area (Å²) in [5, 5.41) is 12.6. The maximum Gasteiger partial charge on any atom is 0.407 e. The Morgan fingerprint density at radius 3 is 2.09 bits per heavy atom. The number of hydrogen-bond donors (Lipinski definition) is 3. The molecule has 0 aromatic heterocycles. The van der Waals surface area contributed by atoms with Gasteiger partial charge in [-0.15, -0.1) is 0 Å². The average molecular weight is 464 g/mol. The zero-order chi connectivity index (χ0) is 24.0. The van der Waals surface area contributed by atoms with E-state index in [0.29, 0.717) is 0 Å². The van der Waals surface area contributed by atoms with E-state index in [2.05, 4.69) is 5.32 Å². The molecule has 2 aromatic carbocycles. The van der Waals surface area contributed by atoms with Crippen molar-refractivity contribution >= 4 is 18.0 Å². The van der Waals surface area contributed by atoms with Crippen molar-refractivity contribution in [1.82, 2.24) is 10.6 Å². The molecule has 0 spiro atoms. The monoisotopic (exact) mass is 464 g/mol. The van der Waals surface area contributed by atoms with Gasteiger partial charge in [0.15, 0.2) is 5.92 Å². The number of benzene rings is 2. The van der Waals surface area contributed by atoms with Crippen LogP contribution in [0.3, 0.4) is 0 Å². The highest BCUT2D eigenvalue weighted by Crippen LogP contribution is 2.44. The average Bonchev–Trinajstić information content (AvgIpc) is 3.08. The molecule has 1 atom stereocenters. The van der Waals surface area contributed by atoms with Crippen molar-refractivity contribution < 1.29 is 37.4 Å². The van der Waals surface area contributed by atoms with Crippen LogP contribution in [-0.2, 0) is 14.3 Å². The van der Waals surface area contributed by atoms with Crippen LogP contribution in [0.2, 0.25) is 0 Å². The summed E-state index contributed by atoms with van der Waals surface area (Å²) >= 11 is 0. The first-order valence-corrected chi connectivity index (χ1v) is 10.3. The zero-order valence-electron chi connectivity index (χ0n) is 17.5. The molecule has 1 aliphatic carbocycles. The topological polar surface area (TPSA) is 105 Å². The number of nitrogens with one attached hydrogen (secondary N) is 2. The van der Waals surface area contributed by atoms with E-state index in [1.165, 1.54) is 0 Å². The first kappa shape index (κ1) is 24.1. The third-order valence-electron chi connectivity index (χ3n) is 5.37. The Hall–Kier alpha value is -3.56. The zero-order valence-corrected chi connectivity index (χ0v) is 17.5. The van der Waals surface area contributed by atoms with Crippen molar-refractivity contribution in [3.05, 3.63) is 59.7 Å². The van der Waals surface area contributed by atoms with Crippen LogP contribution in [0.25, 0.3) is 11.1 Å². The molecule has 0 heterocycles. The first-order valence-electron chi connectivity index (χ1n) is 10.3. The molecule has 2 aromatic rings. The molecular weight excluding hydrogens is 441 g/mol. The van der Waals surface area contributed by atoms with Crippen molar-refractivity contribution in [2.45, 2.75) is 24.9 Å². The lowest BCUT2D eigenvalue weighted by molar-refractivity contribution is -0.181. The van der Waals surface area contributed by atoms with Crippen LogP contribution in [0.1, 0.15) is 29.9 Å². The first-order chi connectivity index (χ1) is 15.7. The molecule has 3 rings (SSSR count). The van der Waals surface area contributed by atoms with Gasteiger partial charge in [0, 0.05) is 25.4 Å². The summed E-state index contributed by atoms with van der Waals surface area (Å²) in [6.07, 6.45) is -6.25. The van der Waals surface area contributed by atoms with Gasteiger partial charge in [-0.1, -0.05) is 48.5 Å². The number of hydrogen-bond acceptors (Lipinski definition) is 4. The number of carboxylic acids is 1. The third kappa shape index (κ3) is 6.03. The van der Waals surface area contributed by atoms with Crippen LogP contribution in [0, 0.1) is 5.92 Å². The molecule has 0 fully saturated rings. The number of amides is 2. The number of alkyl halides is 3. The van der Waals surface area contributed by atoms with E-state index in [4.69, 9.17) is 9.84 Å². The highest BCUT2D eigenvalue weighted by molar-refractivity contribution is 5.81. The van der Waals surface area contributed by atoms with Gasteiger partial charge in [-0.25, -0.2) is 4.79 Å². The van der Waals surface area contributed by atoms with E-state index in [1.807, 2.05) is 53.8 Å². The Morgan fingerprint density at radius 1 is 0.970 bits per heavy atom. The van der Waals surface area contributed by atoms with Gasteiger partial charge < -0.3 is 20.5 Å². The molecule has 3 N–H and O–H groups in total. The van der Waals surface area contributed by atoms with Gasteiger partial charge in [0.2, 0.25) is 5.91 Å². The van der Waals surface area contributed by atoms with Crippen LogP contribution >= 0.6 is 0 Å². The number of aliphatic carboxylic acids is 1. The highest BCUT2D eigenvalue weighted by atomic mass is 19.4. The summed E-state index contributed by atoms with van der Waals surface area (Å²) in [5.41, 5.74) is 3.94. The smallest absolute Gasteiger partial charge is 0.407 e. The van der Waals surface area contributed by atoms with E-state index in [9.17, 15) is 27.6 Å². The summed E-state index contributed by atoms with van der Waals surface area (Å²) in [5.74, 6) is -5.19. The summed E-state index contributed by atoms with van der Waals surface area (Å²) in [4.78, 5) is 34.5. The van der Waals surface area contributed by atoms with Gasteiger partial charge >= 0.3 is 18.2 Å². The summed E-state index contributed by atoms with van der Waals surface area (Å²) in [7, 11) is 0. The SMILES string of the molecule is O=C(O)CCCNC(=O)C(CNC(=O)OCC1c2ccccc2-c2ccccc21)C(F)(F)F. The molecule has 0 bridgehead atoms. The summed E-state index contributed by atoms with van der Waals surface area (Å²) in [6.45, 7) is -1.29. The van der Waals surface area contributed by atoms with Crippen LogP contribution < -0.4 is 10.6 Å². The molecule has 1 aliphatic rings. The Labute approximate surface area is 187 Å². The van der Waals surface area contributed by atoms with Crippen molar-refractivity contribution in [3.63, 3.8) is 0 Å². The van der Waals surface area contributed by atoms with Gasteiger partial charge in [-0.05, 0) is 28.7 Å². The quantitative estimate of drug-likeness (QED) is 0.491. The van der Waals surface area contributed by atoms with Crippen molar-refractivity contribution in [1.29, 1.82) is 0 Å². The van der Waals surface area contributed by atoms with E-state index in [1.54, 1.807) is 0 Å². The predicted molar refractivity (Wildman–Crippen MR) is 112 cm³/mol. The lowest BCUT2D eigenvalue weighted by Crippen LogP contribution is -2.46. The number of rotatable bonds is 9. The van der Waals surface area contributed by atoms with Gasteiger partial charge in [-0.2, -0.15) is 13.2 Å². The number of halogens is 3. The van der Waals surface area contributed by atoms with Crippen LogP contribution in [0.4, 0.5) is 18.0 Å². The fourth-order valence-corrected chi connectivity index (χ4v) is 3.77. The minimum Gasteiger partial charge on any atom is -0.481 e. The molecule has 2 amide bonds. The lowest BCUT2D eigenvalue weighted by atomic mass is 9.98. The van der Waals surface area contributed by atoms with Gasteiger partial charge in [0.05, 0.1) is 0 Å². The minimum absolute atomic E-state index is 0.00847. The molecule has 0 saturated heterocycles. The highest BCUT2D eigenvalue weighted by Gasteiger charge is 2.45. The largest absolute Gasteiger partial charge is 0.481 e. The number of ether oxygens (including phenoxy) is 1. The standard InChI is InChI=1S/C23H23F3N2O5/c24-23(25,26)19(21(31)27-11-5-10-20(29)30)12-28-22(32)33-13-18-16-8-3-1-6-14(16)15-7-2-4-9-17(15)18/h1-4,6-9,18-19H,5,10-13H2,(H,27,31)(H,28,32)(H,29,30). The Morgan fingerprint density at radius 2 is 1.55 bits per heavy atom. The fourth-order valence-electron chi connectivity index (χ4n) is 3.77. The van der Waals surface area contributed by atoms with Crippen LogP contribution in [-0.4, -0.2) is 48.9 Å². The molecular formula is C23H23F3N2O5. The Bertz CT molecular complexity index is 980. The number of carbonyl (C=O) groups excluding carboxylic acids is 2. The summed E-state index contributed by atoms with van der Waals surface area (Å²) in [6, 6.07) is 15.3. The van der Waals surface area contributed by atoms with E-state index < -0.39 is 36.6 Å². The molecule has 176 valence electrons. The number of alkyl carbamates (subject to hydrolysis) is 1.